The Balaban J connectivity index is 1.74. The molecule has 178 valence electrons. The molecule has 6 nitrogen and oxygen atoms in total. The van der Waals surface area contributed by atoms with Gasteiger partial charge in [0.05, 0.1) is 26.3 Å². The van der Waals surface area contributed by atoms with Crippen LogP contribution in [0.1, 0.15) is 57.8 Å². The molecule has 2 unspecified atom stereocenters. The molecule has 0 aliphatic heterocycles. The SMILES string of the molecule is COc1ccc(F)cc1C(C)NC(=O)c1cccc(C(=O)NC(C)c2cc(F)ccc2OC)c1. The number of benzene rings is 3. The quantitative estimate of drug-likeness (QED) is 0.490. The van der Waals surface area contributed by atoms with Gasteiger partial charge in [-0.25, -0.2) is 8.78 Å². The van der Waals surface area contributed by atoms with Gasteiger partial charge in [-0.05, 0) is 68.4 Å². The summed E-state index contributed by atoms with van der Waals surface area (Å²) < 4.78 is 37.9. The van der Waals surface area contributed by atoms with Crippen LogP contribution in [0.2, 0.25) is 0 Å². The van der Waals surface area contributed by atoms with Crippen molar-refractivity contribution in [3.05, 3.63) is 94.6 Å². The minimum absolute atomic E-state index is 0.255. The highest BCUT2D eigenvalue weighted by molar-refractivity contribution is 6.00. The van der Waals surface area contributed by atoms with E-state index in [4.69, 9.17) is 9.47 Å². The topological polar surface area (TPSA) is 76.7 Å². The van der Waals surface area contributed by atoms with Crippen LogP contribution in [-0.4, -0.2) is 26.0 Å². The van der Waals surface area contributed by atoms with Gasteiger partial charge in [-0.2, -0.15) is 0 Å². The van der Waals surface area contributed by atoms with Gasteiger partial charge in [-0.3, -0.25) is 9.59 Å². The number of carbonyl (C=O) groups is 2. The second-order valence-corrected chi connectivity index (χ2v) is 7.74. The smallest absolute Gasteiger partial charge is 0.251 e. The third kappa shape index (κ3) is 5.70. The largest absolute Gasteiger partial charge is 0.496 e. The van der Waals surface area contributed by atoms with E-state index in [1.165, 1.54) is 56.7 Å². The van der Waals surface area contributed by atoms with Crippen molar-refractivity contribution in [2.45, 2.75) is 25.9 Å². The number of nitrogens with one attached hydrogen (secondary N) is 2. The van der Waals surface area contributed by atoms with E-state index in [0.29, 0.717) is 22.6 Å². The first kappa shape index (κ1) is 24.7. The van der Waals surface area contributed by atoms with Gasteiger partial charge in [0, 0.05) is 22.3 Å². The first-order valence-corrected chi connectivity index (χ1v) is 10.6. The Morgan fingerprint density at radius 2 is 1.12 bits per heavy atom. The zero-order valence-electron chi connectivity index (χ0n) is 19.3. The van der Waals surface area contributed by atoms with Crippen LogP contribution >= 0.6 is 0 Å². The lowest BCUT2D eigenvalue weighted by atomic mass is 10.0. The van der Waals surface area contributed by atoms with E-state index in [1.807, 2.05) is 0 Å². The Kier molecular flexibility index (Phi) is 7.83. The molecule has 8 heteroatoms. The average Bonchev–Trinajstić information content (AvgIpc) is 2.83. The third-order valence-corrected chi connectivity index (χ3v) is 5.40. The molecular weight excluding hydrogens is 442 g/mol. The van der Waals surface area contributed by atoms with Crippen molar-refractivity contribution in [2.75, 3.05) is 14.2 Å². The predicted octanol–water partition coefficient (Wildman–Crippen LogP) is 4.96. The van der Waals surface area contributed by atoms with Crippen LogP contribution in [0.25, 0.3) is 0 Å². The fourth-order valence-corrected chi connectivity index (χ4v) is 3.60. The lowest BCUT2D eigenvalue weighted by Gasteiger charge is -2.18. The number of ether oxygens (including phenoxy) is 2. The summed E-state index contributed by atoms with van der Waals surface area (Å²) in [5.41, 5.74) is 1.49. The van der Waals surface area contributed by atoms with Gasteiger partial charge < -0.3 is 20.1 Å². The molecule has 3 aromatic rings. The van der Waals surface area contributed by atoms with E-state index in [9.17, 15) is 18.4 Å². The zero-order valence-corrected chi connectivity index (χ0v) is 19.3. The summed E-state index contributed by atoms with van der Waals surface area (Å²) in [4.78, 5) is 25.6. The molecule has 0 aromatic heterocycles. The van der Waals surface area contributed by atoms with Crippen LogP contribution in [0.4, 0.5) is 8.78 Å². The molecule has 0 radical (unpaired) electrons. The van der Waals surface area contributed by atoms with Gasteiger partial charge in [-0.15, -0.1) is 0 Å². The molecule has 2 N–H and O–H groups in total. The monoisotopic (exact) mass is 468 g/mol. The minimum atomic E-state index is -0.545. The van der Waals surface area contributed by atoms with Crippen molar-refractivity contribution in [1.29, 1.82) is 0 Å². The zero-order chi connectivity index (χ0) is 24.8. The van der Waals surface area contributed by atoms with Crippen LogP contribution in [0, 0.1) is 11.6 Å². The van der Waals surface area contributed by atoms with Gasteiger partial charge >= 0.3 is 0 Å². The van der Waals surface area contributed by atoms with E-state index in [1.54, 1.807) is 32.0 Å². The molecule has 2 amide bonds. The van der Waals surface area contributed by atoms with Crippen molar-refractivity contribution >= 4 is 11.8 Å². The number of hydrogen-bond acceptors (Lipinski definition) is 4. The predicted molar refractivity (Wildman–Crippen MR) is 124 cm³/mol. The summed E-state index contributed by atoms with van der Waals surface area (Å²) in [6.07, 6.45) is 0. The van der Waals surface area contributed by atoms with Crippen molar-refractivity contribution < 1.29 is 27.8 Å². The highest BCUT2D eigenvalue weighted by atomic mass is 19.1. The molecule has 2 atom stereocenters. The second kappa shape index (κ2) is 10.8. The van der Waals surface area contributed by atoms with E-state index in [-0.39, 0.29) is 11.1 Å². The van der Waals surface area contributed by atoms with Crippen molar-refractivity contribution in [2.24, 2.45) is 0 Å². The third-order valence-electron chi connectivity index (χ3n) is 5.40. The molecule has 0 bridgehead atoms. The summed E-state index contributed by atoms with van der Waals surface area (Å²) in [7, 11) is 2.93. The first-order valence-electron chi connectivity index (χ1n) is 10.6. The molecular formula is C26H26F2N2O4. The number of halogens is 2. The second-order valence-electron chi connectivity index (χ2n) is 7.74. The van der Waals surface area contributed by atoms with E-state index in [0.717, 1.165) is 0 Å². The van der Waals surface area contributed by atoms with Gasteiger partial charge in [0.1, 0.15) is 23.1 Å². The van der Waals surface area contributed by atoms with E-state index >= 15 is 0 Å². The lowest BCUT2D eigenvalue weighted by molar-refractivity contribution is 0.0938. The van der Waals surface area contributed by atoms with Gasteiger partial charge in [-0.1, -0.05) is 6.07 Å². The number of hydrogen-bond donors (Lipinski definition) is 2. The van der Waals surface area contributed by atoms with Crippen LogP contribution in [-0.2, 0) is 0 Å². The Bertz CT molecular complexity index is 1110. The minimum Gasteiger partial charge on any atom is -0.496 e. The van der Waals surface area contributed by atoms with Crippen LogP contribution < -0.4 is 20.1 Å². The number of carbonyl (C=O) groups excluding carboxylic acids is 2. The summed E-state index contributed by atoms with van der Waals surface area (Å²) in [5, 5.41) is 5.59. The van der Waals surface area contributed by atoms with E-state index in [2.05, 4.69) is 10.6 Å². The van der Waals surface area contributed by atoms with Crippen molar-refractivity contribution in [3.63, 3.8) is 0 Å². The highest BCUT2D eigenvalue weighted by Gasteiger charge is 2.19. The maximum absolute atomic E-state index is 13.7. The molecule has 34 heavy (non-hydrogen) atoms. The molecule has 0 aliphatic carbocycles. The molecule has 0 spiro atoms. The normalized spacial score (nSPS) is 12.4. The Labute approximate surface area is 196 Å². The molecule has 3 aromatic carbocycles. The van der Waals surface area contributed by atoms with E-state index < -0.39 is 35.5 Å². The number of amides is 2. The highest BCUT2D eigenvalue weighted by Crippen LogP contribution is 2.27. The van der Waals surface area contributed by atoms with Gasteiger partial charge in [0.2, 0.25) is 0 Å². The van der Waals surface area contributed by atoms with Crippen LogP contribution in [0.15, 0.2) is 60.7 Å². The molecule has 0 aliphatic rings. The van der Waals surface area contributed by atoms with Crippen LogP contribution in [0.3, 0.4) is 0 Å². The number of rotatable bonds is 8. The standard InChI is InChI=1S/C26H26F2N2O4/c1-15(21-13-19(27)8-10-23(21)33-3)29-25(31)17-6-5-7-18(12-17)26(32)30-16(2)22-14-20(28)9-11-24(22)34-4/h5-16H,1-4H3,(H,29,31)(H,30,32). The maximum Gasteiger partial charge on any atom is 0.251 e. The maximum atomic E-state index is 13.7. The Hall–Kier alpha value is -3.94. The fourth-order valence-electron chi connectivity index (χ4n) is 3.60. The molecule has 0 saturated heterocycles. The molecule has 3 rings (SSSR count). The fraction of sp³-hybridized carbons (Fsp3) is 0.231. The molecule has 0 fully saturated rings. The summed E-state index contributed by atoms with van der Waals surface area (Å²) in [5.74, 6) is -0.867. The summed E-state index contributed by atoms with van der Waals surface area (Å²) in [6.45, 7) is 3.42. The Morgan fingerprint density at radius 3 is 1.50 bits per heavy atom. The Morgan fingerprint density at radius 1 is 0.706 bits per heavy atom. The molecule has 0 heterocycles. The summed E-state index contributed by atoms with van der Waals surface area (Å²) >= 11 is 0. The average molecular weight is 469 g/mol. The van der Waals surface area contributed by atoms with Crippen LogP contribution in [0.5, 0.6) is 11.5 Å². The van der Waals surface area contributed by atoms with Crippen molar-refractivity contribution in [1.82, 2.24) is 10.6 Å². The number of methoxy groups -OCH3 is 2. The molecule has 0 saturated carbocycles. The van der Waals surface area contributed by atoms with Gasteiger partial charge in [0.15, 0.2) is 0 Å². The first-order chi connectivity index (χ1) is 16.2. The lowest BCUT2D eigenvalue weighted by Crippen LogP contribution is -2.29. The van der Waals surface area contributed by atoms with Gasteiger partial charge in [0.25, 0.3) is 11.8 Å². The van der Waals surface area contributed by atoms with Crippen molar-refractivity contribution in [3.8, 4) is 11.5 Å². The summed E-state index contributed by atoms with van der Waals surface area (Å²) in [6, 6.07) is 13.2.